The summed E-state index contributed by atoms with van der Waals surface area (Å²) in [6.07, 6.45) is 1.49. The van der Waals surface area contributed by atoms with Gasteiger partial charge in [0.05, 0.1) is 5.56 Å². The summed E-state index contributed by atoms with van der Waals surface area (Å²) >= 11 is 0. The quantitative estimate of drug-likeness (QED) is 0.804. The number of aryl methyl sites for hydroxylation is 1. The second-order valence-corrected chi connectivity index (χ2v) is 3.25. The fraction of sp³-hybridized carbons (Fsp3) is 0.182. The highest BCUT2D eigenvalue weighted by Crippen LogP contribution is 2.24. The molecule has 0 saturated carbocycles. The zero-order valence-electron chi connectivity index (χ0n) is 8.19. The molecule has 2 rings (SSSR count). The number of rotatable bonds is 2. The van der Waals surface area contributed by atoms with Gasteiger partial charge in [-0.15, -0.1) is 0 Å². The molecule has 0 fully saturated rings. The molecule has 0 spiro atoms. The number of ether oxygens (including phenoxy) is 2. The van der Waals surface area contributed by atoms with E-state index in [1.807, 2.05) is 6.92 Å². The van der Waals surface area contributed by atoms with E-state index < -0.39 is 5.97 Å². The Morgan fingerprint density at radius 3 is 2.87 bits per heavy atom. The molecular weight excluding hydrogens is 196 g/mol. The number of carbonyl (C=O) groups is 1. The van der Waals surface area contributed by atoms with E-state index in [4.69, 9.17) is 14.6 Å². The van der Waals surface area contributed by atoms with Crippen molar-refractivity contribution in [1.29, 1.82) is 0 Å². The van der Waals surface area contributed by atoms with Gasteiger partial charge >= 0.3 is 5.97 Å². The Labute approximate surface area is 86.7 Å². The van der Waals surface area contributed by atoms with Gasteiger partial charge in [-0.25, -0.2) is 4.79 Å². The van der Waals surface area contributed by atoms with Gasteiger partial charge < -0.3 is 14.6 Å². The van der Waals surface area contributed by atoms with Gasteiger partial charge in [-0.3, -0.25) is 0 Å². The van der Waals surface area contributed by atoms with E-state index in [2.05, 4.69) is 0 Å². The summed E-state index contributed by atoms with van der Waals surface area (Å²) in [7, 11) is 0. The van der Waals surface area contributed by atoms with Gasteiger partial charge in [-0.05, 0) is 24.6 Å². The molecule has 0 aliphatic carbocycles. The van der Waals surface area contributed by atoms with Crippen molar-refractivity contribution in [3.8, 4) is 0 Å². The largest absolute Gasteiger partial charge is 0.478 e. The van der Waals surface area contributed by atoms with Gasteiger partial charge in [0.1, 0.15) is 6.26 Å². The molecule has 15 heavy (non-hydrogen) atoms. The lowest BCUT2D eigenvalue weighted by molar-refractivity contribution is 0.0697. The molecule has 0 radical (unpaired) electrons. The number of carboxylic acid groups (broad SMARTS) is 1. The fourth-order valence-electron chi connectivity index (χ4n) is 1.40. The summed E-state index contributed by atoms with van der Waals surface area (Å²) in [5.41, 5.74) is 1.95. The van der Waals surface area contributed by atoms with Crippen LogP contribution in [0.15, 0.2) is 24.5 Å². The van der Waals surface area contributed by atoms with E-state index in [-0.39, 0.29) is 12.4 Å². The van der Waals surface area contributed by atoms with Crippen molar-refractivity contribution in [3.63, 3.8) is 0 Å². The Morgan fingerprint density at radius 2 is 2.27 bits per heavy atom. The van der Waals surface area contributed by atoms with Gasteiger partial charge in [-0.2, -0.15) is 0 Å². The second-order valence-electron chi connectivity index (χ2n) is 3.25. The lowest BCUT2D eigenvalue weighted by Gasteiger charge is -2.06. The van der Waals surface area contributed by atoms with Gasteiger partial charge in [0.25, 0.3) is 0 Å². The van der Waals surface area contributed by atoms with Crippen LogP contribution >= 0.6 is 0 Å². The van der Waals surface area contributed by atoms with Crippen LogP contribution in [0.4, 0.5) is 0 Å². The van der Waals surface area contributed by atoms with Crippen LogP contribution in [0.5, 0.6) is 0 Å². The van der Waals surface area contributed by atoms with Crippen molar-refractivity contribution in [3.05, 3.63) is 41.2 Å². The maximum absolute atomic E-state index is 10.8. The highest BCUT2D eigenvalue weighted by Gasteiger charge is 2.14. The number of aromatic carboxylic acids is 1. The number of hydrogen-bond donors (Lipinski definition) is 1. The van der Waals surface area contributed by atoms with Crippen LogP contribution in [0.2, 0.25) is 0 Å². The van der Waals surface area contributed by atoms with Crippen molar-refractivity contribution in [2.24, 2.45) is 0 Å². The van der Waals surface area contributed by atoms with E-state index >= 15 is 0 Å². The molecule has 0 atom stereocenters. The molecule has 78 valence electrons. The zero-order valence-corrected chi connectivity index (χ0v) is 8.19. The molecule has 4 heteroatoms. The lowest BCUT2D eigenvalue weighted by Crippen LogP contribution is -1.99. The van der Waals surface area contributed by atoms with Crippen LogP contribution in [-0.4, -0.2) is 17.9 Å². The summed E-state index contributed by atoms with van der Waals surface area (Å²) in [6, 6.07) is 4.90. The van der Waals surface area contributed by atoms with Crippen LogP contribution in [0.1, 0.15) is 21.5 Å². The maximum Gasteiger partial charge on any atom is 0.335 e. The minimum absolute atomic E-state index is 0.187. The average molecular weight is 206 g/mol. The van der Waals surface area contributed by atoms with Gasteiger partial charge in [-0.1, -0.05) is 6.07 Å². The highest BCUT2D eigenvalue weighted by atomic mass is 16.7. The monoisotopic (exact) mass is 206 g/mol. The Bertz CT molecular complexity index is 434. The van der Waals surface area contributed by atoms with Gasteiger partial charge in [0.2, 0.25) is 6.79 Å². The molecule has 1 aromatic carbocycles. The van der Waals surface area contributed by atoms with Gasteiger partial charge in [0, 0.05) is 5.56 Å². The van der Waals surface area contributed by atoms with Gasteiger partial charge in [0.15, 0.2) is 5.76 Å². The normalized spacial score (nSPS) is 14.1. The van der Waals surface area contributed by atoms with E-state index in [0.717, 1.165) is 11.1 Å². The Balaban J connectivity index is 2.45. The van der Waals surface area contributed by atoms with Crippen molar-refractivity contribution >= 4 is 11.7 Å². The third kappa shape index (κ3) is 1.79. The first-order valence-electron chi connectivity index (χ1n) is 4.47. The van der Waals surface area contributed by atoms with E-state index in [9.17, 15) is 4.79 Å². The predicted octanol–water partition coefficient (Wildman–Crippen LogP) is 2.00. The highest BCUT2D eigenvalue weighted by molar-refractivity contribution is 5.89. The first-order valence-corrected chi connectivity index (χ1v) is 4.47. The molecule has 0 unspecified atom stereocenters. The average Bonchev–Trinajstić information content (AvgIpc) is 2.71. The van der Waals surface area contributed by atoms with Crippen LogP contribution < -0.4 is 0 Å². The molecule has 0 bridgehead atoms. The molecule has 0 aromatic heterocycles. The van der Waals surface area contributed by atoms with E-state index in [0.29, 0.717) is 5.76 Å². The summed E-state index contributed by atoms with van der Waals surface area (Å²) in [4.78, 5) is 10.8. The SMILES string of the molecule is Cc1ccc(C(=O)O)cc1C1=COCO1. The molecule has 1 heterocycles. The molecule has 1 N–H and O–H groups in total. The summed E-state index contributed by atoms with van der Waals surface area (Å²) in [6.45, 7) is 2.08. The first-order chi connectivity index (χ1) is 7.18. The molecule has 1 aliphatic rings. The maximum atomic E-state index is 10.8. The van der Waals surface area contributed by atoms with Crippen molar-refractivity contribution < 1.29 is 19.4 Å². The summed E-state index contributed by atoms with van der Waals surface area (Å²) < 4.78 is 10.1. The number of benzene rings is 1. The Kier molecular flexibility index (Phi) is 2.33. The molecule has 0 amide bonds. The minimum Gasteiger partial charge on any atom is -0.478 e. The third-order valence-corrected chi connectivity index (χ3v) is 2.22. The predicted molar refractivity (Wildman–Crippen MR) is 53.2 cm³/mol. The molecule has 1 aliphatic heterocycles. The standard InChI is InChI=1S/C11H10O4/c1-7-2-3-8(11(12)13)4-9(7)10-5-14-6-15-10/h2-5H,6H2,1H3,(H,12,13). The van der Waals surface area contributed by atoms with Crippen LogP contribution in [-0.2, 0) is 9.47 Å². The number of carboxylic acids is 1. The van der Waals surface area contributed by atoms with Crippen LogP contribution in [0, 0.1) is 6.92 Å². The third-order valence-electron chi connectivity index (χ3n) is 2.22. The topological polar surface area (TPSA) is 55.8 Å². The van der Waals surface area contributed by atoms with Crippen molar-refractivity contribution in [2.75, 3.05) is 6.79 Å². The van der Waals surface area contributed by atoms with Crippen molar-refractivity contribution in [1.82, 2.24) is 0 Å². The molecule has 1 aromatic rings. The molecule has 0 saturated heterocycles. The molecular formula is C11H10O4. The Hall–Kier alpha value is -1.97. The van der Waals surface area contributed by atoms with Crippen molar-refractivity contribution in [2.45, 2.75) is 6.92 Å². The van der Waals surface area contributed by atoms with E-state index in [1.165, 1.54) is 6.26 Å². The van der Waals surface area contributed by atoms with E-state index in [1.54, 1.807) is 18.2 Å². The molecule has 4 nitrogen and oxygen atoms in total. The number of hydrogen-bond acceptors (Lipinski definition) is 3. The Morgan fingerprint density at radius 1 is 1.47 bits per heavy atom. The second kappa shape index (κ2) is 3.65. The van der Waals surface area contributed by atoms with Crippen LogP contribution in [0.3, 0.4) is 0 Å². The summed E-state index contributed by atoms with van der Waals surface area (Å²) in [5.74, 6) is -0.369. The zero-order chi connectivity index (χ0) is 10.8. The lowest BCUT2D eigenvalue weighted by atomic mass is 10.0. The fourth-order valence-corrected chi connectivity index (χ4v) is 1.40. The smallest absolute Gasteiger partial charge is 0.335 e. The first kappa shape index (κ1) is 9.58. The summed E-state index contributed by atoms with van der Waals surface area (Å²) in [5, 5.41) is 8.85. The minimum atomic E-state index is -0.948. The van der Waals surface area contributed by atoms with Crippen LogP contribution in [0.25, 0.3) is 5.76 Å².